The Morgan fingerprint density at radius 3 is 2.65 bits per heavy atom. The highest BCUT2D eigenvalue weighted by Crippen LogP contribution is 2.21. The molecule has 0 aromatic carbocycles. The minimum absolute atomic E-state index is 0.269. The van der Waals surface area contributed by atoms with Crippen molar-refractivity contribution in [3.05, 3.63) is 0 Å². The van der Waals surface area contributed by atoms with Crippen molar-refractivity contribution in [2.24, 2.45) is 11.8 Å². The standard InChI is InChI=1S/C11H20N2O3S/c1-7(2)8(3)4-12-11(16)13-6-17-5-9(13)10(14)15/h7-9H,4-6H2,1-3H3,(H,12,16)(H,14,15)/t8?,9-/m0/s1. The maximum absolute atomic E-state index is 11.8. The van der Waals surface area contributed by atoms with Crippen LogP contribution in [0, 0.1) is 11.8 Å². The van der Waals surface area contributed by atoms with Gasteiger partial charge in [-0.05, 0) is 11.8 Å². The molecule has 5 nitrogen and oxygen atoms in total. The fourth-order valence-corrected chi connectivity index (χ4v) is 2.58. The van der Waals surface area contributed by atoms with Crippen LogP contribution in [0.5, 0.6) is 0 Å². The summed E-state index contributed by atoms with van der Waals surface area (Å²) in [6, 6.07) is -0.954. The molecule has 0 aliphatic carbocycles. The molecular weight excluding hydrogens is 240 g/mol. The van der Waals surface area contributed by atoms with Crippen molar-refractivity contribution < 1.29 is 14.7 Å². The number of carboxylic acids is 1. The molecule has 1 saturated heterocycles. The zero-order chi connectivity index (χ0) is 13.0. The monoisotopic (exact) mass is 260 g/mol. The predicted molar refractivity (Wildman–Crippen MR) is 68.0 cm³/mol. The third-order valence-corrected chi connectivity index (χ3v) is 4.15. The SMILES string of the molecule is CC(C)C(C)CNC(=O)N1CSC[C@H]1C(=O)O. The first-order valence-electron chi connectivity index (χ1n) is 5.78. The molecule has 98 valence electrons. The van der Waals surface area contributed by atoms with Gasteiger partial charge < -0.3 is 15.3 Å². The molecule has 17 heavy (non-hydrogen) atoms. The van der Waals surface area contributed by atoms with E-state index in [2.05, 4.69) is 26.1 Å². The Morgan fingerprint density at radius 2 is 2.12 bits per heavy atom. The first-order chi connectivity index (χ1) is 7.93. The Labute approximate surface area is 106 Å². The molecular formula is C11H20N2O3S. The second kappa shape index (κ2) is 6.14. The van der Waals surface area contributed by atoms with Crippen LogP contribution in [0.15, 0.2) is 0 Å². The molecule has 1 unspecified atom stereocenters. The summed E-state index contributed by atoms with van der Waals surface area (Å²) >= 11 is 1.47. The second-order valence-corrected chi connectivity index (χ2v) is 5.73. The maximum atomic E-state index is 11.8. The minimum Gasteiger partial charge on any atom is -0.480 e. The molecule has 1 heterocycles. The van der Waals surface area contributed by atoms with E-state index in [9.17, 15) is 9.59 Å². The van der Waals surface area contributed by atoms with Crippen molar-refractivity contribution in [1.82, 2.24) is 10.2 Å². The summed E-state index contributed by atoms with van der Waals surface area (Å²) in [5, 5.41) is 11.8. The molecule has 1 rings (SSSR count). The summed E-state index contributed by atoms with van der Waals surface area (Å²) in [5.41, 5.74) is 0. The van der Waals surface area contributed by atoms with Gasteiger partial charge in [-0.25, -0.2) is 9.59 Å². The highest BCUT2D eigenvalue weighted by Gasteiger charge is 2.34. The van der Waals surface area contributed by atoms with Gasteiger partial charge in [0.2, 0.25) is 0 Å². The zero-order valence-corrected chi connectivity index (χ0v) is 11.3. The summed E-state index contributed by atoms with van der Waals surface area (Å²) in [6.45, 7) is 6.85. The van der Waals surface area contributed by atoms with E-state index in [4.69, 9.17) is 5.11 Å². The summed E-state index contributed by atoms with van der Waals surface area (Å²) in [7, 11) is 0. The number of rotatable bonds is 4. The van der Waals surface area contributed by atoms with Gasteiger partial charge in [-0.3, -0.25) is 0 Å². The lowest BCUT2D eigenvalue weighted by atomic mass is 9.98. The molecule has 0 saturated carbocycles. The molecule has 1 fully saturated rings. The van der Waals surface area contributed by atoms with Crippen LogP contribution in [0.25, 0.3) is 0 Å². The Morgan fingerprint density at radius 1 is 1.47 bits per heavy atom. The number of carbonyl (C=O) groups is 2. The van der Waals surface area contributed by atoms with Gasteiger partial charge in [-0.2, -0.15) is 0 Å². The molecule has 2 amide bonds. The highest BCUT2D eigenvalue weighted by molar-refractivity contribution is 7.99. The number of amides is 2. The van der Waals surface area contributed by atoms with Crippen LogP contribution in [-0.4, -0.2) is 46.2 Å². The van der Waals surface area contributed by atoms with Crippen molar-refractivity contribution in [3.8, 4) is 0 Å². The number of carbonyl (C=O) groups excluding carboxylic acids is 1. The van der Waals surface area contributed by atoms with E-state index < -0.39 is 12.0 Å². The topological polar surface area (TPSA) is 69.6 Å². The van der Waals surface area contributed by atoms with Crippen molar-refractivity contribution in [1.29, 1.82) is 0 Å². The zero-order valence-electron chi connectivity index (χ0n) is 10.5. The lowest BCUT2D eigenvalue weighted by Crippen LogP contribution is -2.48. The molecule has 0 aromatic heterocycles. The average molecular weight is 260 g/mol. The largest absolute Gasteiger partial charge is 0.480 e. The molecule has 1 aliphatic heterocycles. The molecule has 2 N–H and O–H groups in total. The summed E-state index contributed by atoms with van der Waals surface area (Å²) in [6.07, 6.45) is 0. The van der Waals surface area contributed by atoms with Crippen LogP contribution in [0.3, 0.4) is 0 Å². The maximum Gasteiger partial charge on any atom is 0.327 e. The van der Waals surface area contributed by atoms with E-state index in [1.165, 1.54) is 16.7 Å². The van der Waals surface area contributed by atoms with Gasteiger partial charge in [0, 0.05) is 12.3 Å². The van der Waals surface area contributed by atoms with Crippen molar-refractivity contribution in [2.75, 3.05) is 18.2 Å². The quantitative estimate of drug-likeness (QED) is 0.802. The number of carboxylic acid groups (broad SMARTS) is 1. The van der Waals surface area contributed by atoms with Gasteiger partial charge >= 0.3 is 12.0 Å². The lowest BCUT2D eigenvalue weighted by molar-refractivity contribution is -0.140. The number of hydrogen-bond acceptors (Lipinski definition) is 3. The normalized spacial score (nSPS) is 21.6. The average Bonchev–Trinajstić information content (AvgIpc) is 2.73. The van der Waals surface area contributed by atoms with Crippen LogP contribution in [0.1, 0.15) is 20.8 Å². The predicted octanol–water partition coefficient (Wildman–Crippen LogP) is 1.45. The summed E-state index contributed by atoms with van der Waals surface area (Å²) < 4.78 is 0. The molecule has 2 atom stereocenters. The Kier molecular flexibility index (Phi) is 5.11. The molecule has 0 aromatic rings. The van der Waals surface area contributed by atoms with Crippen molar-refractivity contribution >= 4 is 23.8 Å². The van der Waals surface area contributed by atoms with E-state index in [-0.39, 0.29) is 6.03 Å². The summed E-state index contributed by atoms with van der Waals surface area (Å²) in [5.74, 6) is 0.888. The van der Waals surface area contributed by atoms with Crippen LogP contribution in [0.4, 0.5) is 4.79 Å². The smallest absolute Gasteiger partial charge is 0.327 e. The number of thioether (sulfide) groups is 1. The van der Waals surface area contributed by atoms with Crippen molar-refractivity contribution in [2.45, 2.75) is 26.8 Å². The number of nitrogens with zero attached hydrogens (tertiary/aromatic N) is 1. The lowest BCUT2D eigenvalue weighted by Gasteiger charge is -2.23. The first-order valence-corrected chi connectivity index (χ1v) is 6.94. The van der Waals surface area contributed by atoms with Gasteiger partial charge in [-0.15, -0.1) is 11.8 Å². The van der Waals surface area contributed by atoms with Crippen LogP contribution >= 0.6 is 11.8 Å². The molecule has 1 aliphatic rings. The fourth-order valence-electron chi connectivity index (χ4n) is 1.43. The van der Waals surface area contributed by atoms with Gasteiger partial charge in [0.05, 0.1) is 5.88 Å². The minimum atomic E-state index is -0.929. The van der Waals surface area contributed by atoms with Crippen LogP contribution < -0.4 is 5.32 Å². The number of urea groups is 1. The van der Waals surface area contributed by atoms with E-state index in [0.29, 0.717) is 30.0 Å². The third-order valence-electron chi connectivity index (χ3n) is 3.14. The van der Waals surface area contributed by atoms with Crippen molar-refractivity contribution in [3.63, 3.8) is 0 Å². The molecule has 0 spiro atoms. The van der Waals surface area contributed by atoms with E-state index in [1.54, 1.807) is 0 Å². The van der Waals surface area contributed by atoms with E-state index in [0.717, 1.165) is 0 Å². The Hall–Kier alpha value is -0.910. The fraction of sp³-hybridized carbons (Fsp3) is 0.818. The van der Waals surface area contributed by atoms with E-state index in [1.807, 2.05) is 0 Å². The van der Waals surface area contributed by atoms with E-state index >= 15 is 0 Å². The molecule has 0 bridgehead atoms. The highest BCUT2D eigenvalue weighted by atomic mass is 32.2. The number of aliphatic carboxylic acids is 1. The van der Waals surface area contributed by atoms with Gasteiger partial charge in [0.25, 0.3) is 0 Å². The summed E-state index contributed by atoms with van der Waals surface area (Å²) in [4.78, 5) is 24.1. The van der Waals surface area contributed by atoms with Crippen LogP contribution in [0.2, 0.25) is 0 Å². The molecule has 0 radical (unpaired) electrons. The first kappa shape index (κ1) is 14.2. The number of nitrogens with one attached hydrogen (secondary N) is 1. The van der Waals surface area contributed by atoms with Gasteiger partial charge in [0.15, 0.2) is 0 Å². The third kappa shape index (κ3) is 3.80. The number of hydrogen-bond donors (Lipinski definition) is 2. The molecule has 6 heteroatoms. The Balaban J connectivity index is 2.44. The van der Waals surface area contributed by atoms with Gasteiger partial charge in [0.1, 0.15) is 6.04 Å². The second-order valence-electron chi connectivity index (χ2n) is 4.73. The van der Waals surface area contributed by atoms with Gasteiger partial charge in [-0.1, -0.05) is 20.8 Å². The Bertz CT molecular complexity index is 296. The van der Waals surface area contributed by atoms with Crippen LogP contribution in [-0.2, 0) is 4.79 Å².